The number of aliphatic carboxylic acids is 3. The van der Waals surface area contributed by atoms with Crippen LogP contribution in [0, 0.1) is 0 Å². The molecule has 10 heteroatoms. The Morgan fingerprint density at radius 3 is 0.840 bits per heavy atom. The average molecular weight is 560 g/mol. The van der Waals surface area contributed by atoms with Crippen LogP contribution in [0.25, 0.3) is 0 Å². The van der Waals surface area contributed by atoms with Gasteiger partial charge < -0.3 is 43.9 Å². The van der Waals surface area contributed by atoms with E-state index >= 15 is 0 Å². The Bertz CT molecular complexity index is 298. The maximum atomic E-state index is 9.85. The van der Waals surface area contributed by atoms with Crippen LogP contribution in [0.3, 0.4) is 0 Å². The minimum atomic E-state index is -1.16. The summed E-state index contributed by atoms with van der Waals surface area (Å²) in [6, 6.07) is 0. The van der Waals surface area contributed by atoms with E-state index in [-0.39, 0.29) is 26.2 Å². The van der Waals surface area contributed by atoms with Gasteiger partial charge in [0.2, 0.25) is 0 Å². The fraction of sp³-hybridized carbons (Fsp3) is 0.800. The first kappa shape index (κ1) is 31.9. The third-order valence-electron chi connectivity index (χ3n) is 2.25. The maximum Gasteiger partial charge on any atom is 3.00 e. The van der Waals surface area contributed by atoms with Gasteiger partial charge >= 0.3 is 26.2 Å². The van der Waals surface area contributed by atoms with Crippen LogP contribution >= 0.6 is 0 Å². The molecule has 0 spiro atoms. The Kier molecular flexibility index (Phi) is 27.1. The second-order valence-electron chi connectivity index (χ2n) is 4.25. The number of carbonyl (C=O) groups is 3. The molecule has 0 aliphatic carbocycles. The van der Waals surface area contributed by atoms with E-state index in [0.717, 1.165) is 0 Å². The van der Waals surface area contributed by atoms with Crippen LogP contribution in [0.15, 0.2) is 0 Å². The van der Waals surface area contributed by atoms with E-state index in [4.69, 9.17) is 0 Å². The molecule has 0 N–H and O–H groups in total. The normalized spacial score (nSPS) is 12.7. The SMILES string of the molecule is CCOC(C)C(=O)[O-].CCOC(C)C(=O)[O-].CCOC(C)C(=O)[O-].[Bi+3]. The Morgan fingerprint density at radius 2 is 0.800 bits per heavy atom. The van der Waals surface area contributed by atoms with E-state index in [0.29, 0.717) is 19.8 Å². The second kappa shape index (κ2) is 21.2. The van der Waals surface area contributed by atoms with Crippen LogP contribution in [0.1, 0.15) is 41.5 Å². The third kappa shape index (κ3) is 25.5. The van der Waals surface area contributed by atoms with Crippen LogP contribution in [0.5, 0.6) is 0 Å². The zero-order valence-corrected chi connectivity index (χ0v) is 19.0. The van der Waals surface area contributed by atoms with Gasteiger partial charge in [-0.25, -0.2) is 0 Å². The zero-order valence-electron chi connectivity index (χ0n) is 15.5. The molecule has 3 unspecified atom stereocenters. The molecule has 0 saturated heterocycles. The molecule has 0 aliphatic heterocycles. The third-order valence-corrected chi connectivity index (χ3v) is 2.25. The zero-order chi connectivity index (χ0) is 19.7. The van der Waals surface area contributed by atoms with Crippen LogP contribution in [0.4, 0.5) is 0 Å². The summed E-state index contributed by atoms with van der Waals surface area (Å²) in [7, 11) is 0. The molecule has 0 amide bonds. The number of ether oxygens (including phenoxy) is 3. The molecular weight excluding hydrogens is 533 g/mol. The van der Waals surface area contributed by atoms with Crippen molar-refractivity contribution in [2.24, 2.45) is 0 Å². The largest absolute Gasteiger partial charge is 3.00 e. The maximum absolute atomic E-state index is 9.85. The number of carbonyl (C=O) groups excluding carboxylic acids is 3. The molecule has 0 aromatic rings. The molecule has 0 bridgehead atoms. The molecule has 0 aromatic heterocycles. The average Bonchev–Trinajstić information content (AvgIpc) is 2.49. The smallest absolute Gasteiger partial charge is 0.547 e. The summed E-state index contributed by atoms with van der Waals surface area (Å²) in [6.07, 6.45) is -2.33. The van der Waals surface area contributed by atoms with Crippen molar-refractivity contribution in [3.05, 3.63) is 0 Å². The molecule has 9 nitrogen and oxygen atoms in total. The molecule has 0 heterocycles. The molecule has 0 aromatic carbocycles. The van der Waals surface area contributed by atoms with E-state index in [1.807, 2.05) is 0 Å². The van der Waals surface area contributed by atoms with Crippen molar-refractivity contribution in [1.82, 2.24) is 0 Å². The standard InChI is InChI=1S/3C5H10O3.Bi/c3*1-3-8-4(2)5(6)7;/h3*4H,3H2,1-2H3,(H,6,7);/q;;;+3/p-3. The van der Waals surface area contributed by atoms with Crippen molar-refractivity contribution in [2.45, 2.75) is 59.9 Å². The van der Waals surface area contributed by atoms with E-state index in [2.05, 4.69) is 14.2 Å². The van der Waals surface area contributed by atoms with Crippen LogP contribution in [-0.2, 0) is 28.6 Å². The molecule has 0 saturated carbocycles. The summed E-state index contributed by atoms with van der Waals surface area (Å²) in [6.45, 7) is 10.8. The van der Waals surface area contributed by atoms with E-state index < -0.39 is 36.2 Å². The van der Waals surface area contributed by atoms with Gasteiger partial charge in [0, 0.05) is 19.8 Å². The first-order chi connectivity index (χ1) is 11.0. The monoisotopic (exact) mass is 560 g/mol. The van der Waals surface area contributed by atoms with Crippen molar-refractivity contribution in [2.75, 3.05) is 19.8 Å². The van der Waals surface area contributed by atoms with Gasteiger partial charge in [-0.15, -0.1) is 0 Å². The summed E-state index contributed by atoms with van der Waals surface area (Å²) >= 11 is 0. The Morgan fingerprint density at radius 1 is 0.640 bits per heavy atom. The molecule has 0 fully saturated rings. The van der Waals surface area contributed by atoms with Crippen molar-refractivity contribution in [3.63, 3.8) is 0 Å². The van der Waals surface area contributed by atoms with Gasteiger partial charge in [0.1, 0.15) is 0 Å². The molecule has 3 atom stereocenters. The Hall–Kier alpha value is -0.827. The Balaban J connectivity index is -0.000000130. The van der Waals surface area contributed by atoms with E-state index in [9.17, 15) is 29.7 Å². The molecule has 25 heavy (non-hydrogen) atoms. The summed E-state index contributed by atoms with van der Waals surface area (Å²) < 4.78 is 13.9. The van der Waals surface area contributed by atoms with Gasteiger partial charge in [0.25, 0.3) is 0 Å². The Labute approximate surface area is 167 Å². The molecule has 146 valence electrons. The van der Waals surface area contributed by atoms with Gasteiger partial charge in [-0.05, 0) is 41.5 Å². The van der Waals surface area contributed by atoms with Gasteiger partial charge in [0.15, 0.2) is 0 Å². The number of hydrogen-bond donors (Lipinski definition) is 0. The van der Waals surface area contributed by atoms with Crippen LogP contribution in [0.2, 0.25) is 0 Å². The van der Waals surface area contributed by atoms with E-state index in [1.54, 1.807) is 20.8 Å². The minimum absolute atomic E-state index is 0. The number of hydrogen-bond acceptors (Lipinski definition) is 9. The molecule has 2 radical (unpaired) electrons. The summed E-state index contributed by atoms with van der Waals surface area (Å²) in [5.41, 5.74) is 0. The number of rotatable bonds is 9. The predicted octanol–water partition coefficient (Wildman–Crippen LogP) is -2.90. The topological polar surface area (TPSA) is 148 Å². The minimum Gasteiger partial charge on any atom is -0.547 e. The van der Waals surface area contributed by atoms with Gasteiger partial charge in [-0.2, -0.15) is 0 Å². The molecular formula is C15H27BiO9. The van der Waals surface area contributed by atoms with Crippen molar-refractivity contribution in [1.29, 1.82) is 0 Å². The predicted molar refractivity (Wildman–Crippen MR) is 84.0 cm³/mol. The quantitative estimate of drug-likeness (QED) is 0.271. The fourth-order valence-electron chi connectivity index (χ4n) is 0.954. The summed E-state index contributed by atoms with van der Waals surface area (Å²) in [5, 5.41) is 29.6. The second-order valence-corrected chi connectivity index (χ2v) is 4.25. The van der Waals surface area contributed by atoms with Gasteiger partial charge in [-0.1, -0.05) is 0 Å². The van der Waals surface area contributed by atoms with E-state index in [1.165, 1.54) is 20.8 Å². The molecule has 0 aliphatic rings. The van der Waals surface area contributed by atoms with Crippen molar-refractivity contribution >= 4 is 44.1 Å². The van der Waals surface area contributed by atoms with Crippen molar-refractivity contribution in [3.8, 4) is 0 Å². The van der Waals surface area contributed by atoms with Crippen molar-refractivity contribution < 1.29 is 43.9 Å². The number of carboxylic acid groups (broad SMARTS) is 3. The summed E-state index contributed by atoms with van der Waals surface area (Å²) in [4.78, 5) is 29.6. The first-order valence-corrected chi connectivity index (χ1v) is 7.52. The molecule has 0 rings (SSSR count). The fourth-order valence-corrected chi connectivity index (χ4v) is 0.954. The summed E-state index contributed by atoms with van der Waals surface area (Å²) in [5.74, 6) is -3.48. The van der Waals surface area contributed by atoms with Gasteiger partial charge in [0.05, 0.1) is 36.2 Å². The van der Waals surface area contributed by atoms with Gasteiger partial charge in [-0.3, -0.25) is 0 Å². The first-order valence-electron chi connectivity index (χ1n) is 7.52. The van der Waals surface area contributed by atoms with Crippen LogP contribution < -0.4 is 15.3 Å². The number of carboxylic acids is 3. The van der Waals surface area contributed by atoms with Crippen LogP contribution in [-0.4, -0.2) is 82.2 Å².